The minimum atomic E-state index is -2.67. The second-order valence-electron chi connectivity index (χ2n) is 15.2. The Hall–Kier alpha value is -6.18. The number of hydrogen-bond donors (Lipinski definition) is 7. The summed E-state index contributed by atoms with van der Waals surface area (Å²) in [7, 11) is 0. The molecular formula is C41H52F2N16O. The van der Waals surface area contributed by atoms with Crippen LogP contribution in [0, 0.1) is 0 Å². The molecular weight excluding hydrogens is 771 g/mol. The smallest absolute Gasteiger partial charge is 0.280 e. The van der Waals surface area contributed by atoms with Gasteiger partial charge in [-0.1, -0.05) is 0 Å². The molecule has 316 valence electrons. The zero-order valence-corrected chi connectivity index (χ0v) is 34.4. The molecule has 60 heavy (non-hydrogen) atoms. The number of rotatable bonds is 12. The lowest BCUT2D eigenvalue weighted by atomic mass is 10.2. The minimum Gasteiger partial charge on any atom is -0.387 e. The zero-order valence-electron chi connectivity index (χ0n) is 34.4. The van der Waals surface area contributed by atoms with Crippen molar-refractivity contribution in [3.63, 3.8) is 0 Å². The highest BCUT2D eigenvalue weighted by atomic mass is 19.3. The third-order valence-corrected chi connectivity index (χ3v) is 9.61. The Balaban J connectivity index is 0.000000181. The Morgan fingerprint density at radius 2 is 1.02 bits per heavy atom. The van der Waals surface area contributed by atoms with E-state index in [2.05, 4.69) is 87.6 Å². The molecule has 1 atom stereocenters. The molecule has 0 bridgehead atoms. The minimum absolute atomic E-state index is 0.0131. The Morgan fingerprint density at radius 1 is 0.583 bits per heavy atom. The summed E-state index contributed by atoms with van der Waals surface area (Å²) in [6.07, 6.45) is 3.60. The molecule has 0 radical (unpaired) electrons. The summed E-state index contributed by atoms with van der Waals surface area (Å²) in [6.45, 7) is 17.3. The highest BCUT2D eigenvalue weighted by Crippen LogP contribution is 2.29. The molecule has 8 heterocycles. The molecule has 6 aromatic heterocycles. The fourth-order valence-electron chi connectivity index (χ4n) is 6.68. The number of fused-ring (bicyclic) bond motifs is 2. The largest absolute Gasteiger partial charge is 0.387 e. The van der Waals surface area contributed by atoms with Crippen LogP contribution in [-0.2, 0) is 0 Å². The molecule has 17 nitrogen and oxygen atoms in total. The number of aromatic nitrogens is 8. The summed E-state index contributed by atoms with van der Waals surface area (Å²) in [5.41, 5.74) is 3.62. The molecule has 2 aliphatic heterocycles. The normalized spacial score (nSPS) is 15.0. The van der Waals surface area contributed by atoms with Gasteiger partial charge in [-0.05, 0) is 71.0 Å². The Morgan fingerprint density at radius 3 is 1.40 bits per heavy atom. The highest BCUT2D eigenvalue weighted by molar-refractivity contribution is 5.90. The van der Waals surface area contributed by atoms with Crippen LogP contribution in [0.5, 0.6) is 0 Å². The topological polar surface area (TPSA) is 202 Å². The number of piperazine rings is 2. The van der Waals surface area contributed by atoms with Crippen molar-refractivity contribution in [1.82, 2.24) is 50.5 Å². The van der Waals surface area contributed by atoms with Crippen molar-refractivity contribution >= 4 is 68.3 Å². The summed E-state index contributed by atoms with van der Waals surface area (Å²) < 4.78 is 26.4. The lowest BCUT2D eigenvalue weighted by molar-refractivity contribution is 0.146. The van der Waals surface area contributed by atoms with Gasteiger partial charge in [0.25, 0.3) is 6.43 Å². The highest BCUT2D eigenvalue weighted by Gasteiger charge is 2.18. The molecule has 0 saturated carbocycles. The van der Waals surface area contributed by atoms with E-state index in [1.165, 1.54) is 12.3 Å². The van der Waals surface area contributed by atoms with E-state index in [9.17, 15) is 13.9 Å². The standard InChI is InChI=1S/C21H28N8O.C20H24F2N8/c1-13(2)25-20-19-15(10-17(26-20)14(3)30)11-24-21(28-19)27-18-5-4-16(12-23-18)29-8-6-22-7-9-29;1-12(2)26-19-17-13(9-15(27-19)18(21)22)10-25-20(29-17)28-16-4-3-14(11-24-16)30-7-5-23-6-8-30/h4-5,10-14,22,30H,6-9H2,1-3H3,(H,25,26)(H,23,24,27,28);3-4,9-12,18,23H,5-8H2,1-2H3,(H,26,27)(H,24,25,28,29)/t14-;/m1./s1. The lowest BCUT2D eigenvalue weighted by Gasteiger charge is -2.29. The van der Waals surface area contributed by atoms with Crippen molar-refractivity contribution in [1.29, 1.82) is 0 Å². The Labute approximate surface area is 347 Å². The van der Waals surface area contributed by atoms with E-state index in [-0.39, 0.29) is 17.8 Å². The van der Waals surface area contributed by atoms with Gasteiger partial charge in [0.15, 0.2) is 11.6 Å². The molecule has 6 aromatic rings. The van der Waals surface area contributed by atoms with Gasteiger partial charge in [-0.15, -0.1) is 0 Å². The first kappa shape index (κ1) is 42.0. The van der Waals surface area contributed by atoms with Crippen LogP contribution in [0.15, 0.2) is 61.2 Å². The van der Waals surface area contributed by atoms with E-state index in [1.807, 2.05) is 64.4 Å². The number of aliphatic hydroxyl groups is 1. The molecule has 2 aliphatic rings. The molecule has 0 unspecified atom stereocenters. The third kappa shape index (κ3) is 10.7. The van der Waals surface area contributed by atoms with Gasteiger partial charge in [0, 0.05) is 87.6 Å². The van der Waals surface area contributed by atoms with Gasteiger partial charge >= 0.3 is 0 Å². The van der Waals surface area contributed by atoms with Crippen LogP contribution in [0.4, 0.5) is 55.3 Å². The number of alkyl halides is 2. The SMILES string of the molecule is CC(C)Nc1nc(C(F)F)cc2cnc(Nc3ccc(N4CCNCC4)cn3)nc12.CC(C)Nc1nc([C@@H](C)O)cc2cnc(Nc3ccc(N4CCNCC4)cn3)nc12. The quantitative estimate of drug-likeness (QED) is 0.0783. The molecule has 19 heteroatoms. The first-order valence-corrected chi connectivity index (χ1v) is 20.2. The molecule has 0 amide bonds. The lowest BCUT2D eigenvalue weighted by Crippen LogP contribution is -2.43. The molecule has 2 fully saturated rings. The second kappa shape index (κ2) is 19.3. The summed E-state index contributed by atoms with van der Waals surface area (Å²) in [5.74, 6) is 2.99. The number of halogens is 2. The first-order valence-electron chi connectivity index (χ1n) is 20.2. The van der Waals surface area contributed by atoms with E-state index in [0.29, 0.717) is 57.3 Å². The maximum absolute atomic E-state index is 13.2. The molecule has 2 saturated heterocycles. The van der Waals surface area contributed by atoms with E-state index in [0.717, 1.165) is 69.1 Å². The number of aliphatic hydroxyl groups excluding tert-OH is 1. The van der Waals surface area contributed by atoms with Crippen LogP contribution in [-0.4, -0.2) is 109 Å². The third-order valence-electron chi connectivity index (χ3n) is 9.61. The molecule has 7 N–H and O–H groups in total. The van der Waals surface area contributed by atoms with Crippen LogP contribution < -0.4 is 41.7 Å². The van der Waals surface area contributed by atoms with Gasteiger partial charge in [0.2, 0.25) is 11.9 Å². The molecule has 8 rings (SSSR count). The van der Waals surface area contributed by atoms with Gasteiger partial charge < -0.3 is 46.8 Å². The summed E-state index contributed by atoms with van der Waals surface area (Å²) in [6, 6.07) is 11.2. The zero-order chi connectivity index (χ0) is 42.2. The number of pyridine rings is 4. The van der Waals surface area contributed by atoms with Crippen LogP contribution in [0.25, 0.3) is 21.8 Å². The predicted octanol–water partition coefficient (Wildman–Crippen LogP) is 5.78. The molecule has 0 aromatic carbocycles. The summed E-state index contributed by atoms with van der Waals surface area (Å²) in [4.78, 5) is 40.0. The average Bonchev–Trinajstić information content (AvgIpc) is 3.25. The van der Waals surface area contributed by atoms with E-state index < -0.39 is 12.5 Å². The van der Waals surface area contributed by atoms with Crippen LogP contribution >= 0.6 is 0 Å². The maximum atomic E-state index is 13.2. The molecule has 0 spiro atoms. The van der Waals surface area contributed by atoms with Crippen molar-refractivity contribution in [2.45, 2.75) is 59.2 Å². The fourth-order valence-corrected chi connectivity index (χ4v) is 6.68. The van der Waals surface area contributed by atoms with Gasteiger partial charge in [0.1, 0.15) is 28.4 Å². The number of anilines is 8. The van der Waals surface area contributed by atoms with E-state index in [4.69, 9.17) is 0 Å². The van der Waals surface area contributed by atoms with E-state index in [1.54, 1.807) is 13.1 Å². The van der Waals surface area contributed by atoms with Gasteiger partial charge in [-0.25, -0.2) is 48.7 Å². The second-order valence-corrected chi connectivity index (χ2v) is 15.2. The van der Waals surface area contributed by atoms with Gasteiger partial charge in [-0.2, -0.15) is 0 Å². The van der Waals surface area contributed by atoms with Crippen LogP contribution in [0.2, 0.25) is 0 Å². The predicted molar refractivity (Wildman–Crippen MR) is 233 cm³/mol. The Bertz CT molecular complexity index is 2170. The van der Waals surface area contributed by atoms with Gasteiger partial charge in [0.05, 0.1) is 35.6 Å². The monoisotopic (exact) mass is 822 g/mol. The maximum Gasteiger partial charge on any atom is 0.280 e. The van der Waals surface area contributed by atoms with Crippen molar-refractivity contribution in [3.8, 4) is 0 Å². The Kier molecular flexibility index (Phi) is 13.5. The number of nitrogens with one attached hydrogen (secondary N) is 6. The average molecular weight is 823 g/mol. The molecule has 0 aliphatic carbocycles. The van der Waals surface area contributed by atoms with Crippen molar-refractivity contribution in [3.05, 3.63) is 72.6 Å². The van der Waals surface area contributed by atoms with Crippen molar-refractivity contribution < 1.29 is 13.9 Å². The van der Waals surface area contributed by atoms with Crippen LogP contribution in [0.1, 0.15) is 58.5 Å². The first-order chi connectivity index (χ1) is 29.0. The van der Waals surface area contributed by atoms with Crippen LogP contribution in [0.3, 0.4) is 0 Å². The fraction of sp³-hybridized carbons (Fsp3) is 0.415. The summed E-state index contributed by atoms with van der Waals surface area (Å²) >= 11 is 0. The number of nitrogens with zero attached hydrogens (tertiary/aromatic N) is 10. The van der Waals surface area contributed by atoms with Crippen molar-refractivity contribution in [2.75, 3.05) is 83.4 Å². The van der Waals surface area contributed by atoms with Crippen molar-refractivity contribution in [2.24, 2.45) is 0 Å². The summed E-state index contributed by atoms with van der Waals surface area (Å²) in [5, 5.41) is 30.6. The number of hydrogen-bond acceptors (Lipinski definition) is 17. The van der Waals surface area contributed by atoms with Gasteiger partial charge in [-0.3, -0.25) is 0 Å². The van der Waals surface area contributed by atoms with E-state index >= 15 is 0 Å².